The maximum atomic E-state index is 12.8. The van der Waals surface area contributed by atoms with Crippen LogP contribution in [0.5, 0.6) is 5.75 Å². The fraction of sp³-hybridized carbons (Fsp3) is 0.350. The topological polar surface area (TPSA) is 142 Å². The molecule has 1 aliphatic heterocycles. The fourth-order valence-electron chi connectivity index (χ4n) is 3.02. The van der Waals surface area contributed by atoms with Gasteiger partial charge in [0.15, 0.2) is 0 Å². The second kappa shape index (κ2) is 9.96. The van der Waals surface area contributed by atoms with E-state index in [2.05, 4.69) is 10.0 Å². The van der Waals surface area contributed by atoms with Crippen molar-refractivity contribution in [3.05, 3.63) is 48.0 Å². The summed E-state index contributed by atoms with van der Waals surface area (Å²) >= 11 is 0. The molecule has 32 heavy (non-hydrogen) atoms. The third-order valence-corrected chi connectivity index (χ3v) is 8.20. The predicted octanol–water partition coefficient (Wildman–Crippen LogP) is 1.03. The Morgan fingerprint density at radius 1 is 1.03 bits per heavy atom. The van der Waals surface area contributed by atoms with Gasteiger partial charge in [-0.2, -0.15) is 4.31 Å². The van der Waals surface area contributed by atoms with E-state index in [0.717, 1.165) is 5.56 Å². The monoisotopic (exact) mass is 483 g/mol. The molecule has 0 radical (unpaired) electrons. The van der Waals surface area contributed by atoms with E-state index in [1.165, 1.54) is 34.6 Å². The zero-order valence-corrected chi connectivity index (χ0v) is 19.1. The average molecular weight is 484 g/mol. The Morgan fingerprint density at radius 3 is 2.31 bits per heavy atom. The largest absolute Gasteiger partial charge is 0.506 e. The average Bonchev–Trinajstić information content (AvgIpc) is 2.76. The summed E-state index contributed by atoms with van der Waals surface area (Å²) in [7, 11) is -7.57. The Bertz CT molecular complexity index is 1170. The van der Waals surface area contributed by atoms with E-state index < -0.39 is 26.0 Å². The molecule has 0 bridgehead atoms. The highest BCUT2D eigenvalue weighted by atomic mass is 32.2. The molecule has 0 spiro atoms. The number of hydrogen-bond acceptors (Lipinski definition) is 7. The minimum absolute atomic E-state index is 0.0763. The van der Waals surface area contributed by atoms with Gasteiger partial charge in [0.2, 0.25) is 26.0 Å². The summed E-state index contributed by atoms with van der Waals surface area (Å²) < 4.78 is 58.9. The van der Waals surface area contributed by atoms with Gasteiger partial charge in [-0.25, -0.2) is 21.6 Å². The molecular weight excluding hydrogens is 458 g/mol. The molecule has 1 heterocycles. The Morgan fingerprint density at radius 2 is 1.66 bits per heavy atom. The lowest BCUT2D eigenvalue weighted by atomic mass is 10.2. The number of aryl methyl sites for hydroxylation is 1. The minimum atomic E-state index is -3.81. The van der Waals surface area contributed by atoms with E-state index in [4.69, 9.17) is 4.74 Å². The summed E-state index contributed by atoms with van der Waals surface area (Å²) in [4.78, 5) is 12.3. The van der Waals surface area contributed by atoms with Gasteiger partial charge < -0.3 is 15.2 Å². The van der Waals surface area contributed by atoms with Gasteiger partial charge in [-0.05, 0) is 37.3 Å². The number of carbonyl (C=O) groups is 1. The third kappa shape index (κ3) is 5.84. The molecule has 10 nitrogen and oxygen atoms in total. The summed E-state index contributed by atoms with van der Waals surface area (Å²) in [5.41, 5.74) is 0.840. The molecule has 2 aromatic carbocycles. The van der Waals surface area contributed by atoms with Gasteiger partial charge in [-0.15, -0.1) is 0 Å². The number of aromatic hydroxyl groups is 1. The third-order valence-electron chi connectivity index (χ3n) is 4.83. The summed E-state index contributed by atoms with van der Waals surface area (Å²) in [6.45, 7) is 2.68. The number of sulfonamides is 2. The van der Waals surface area contributed by atoms with Crippen LogP contribution in [-0.2, 0) is 29.6 Å². The summed E-state index contributed by atoms with van der Waals surface area (Å²) in [5.74, 6) is -0.896. The molecule has 3 N–H and O–H groups in total. The lowest BCUT2D eigenvalue weighted by molar-refractivity contribution is -0.116. The van der Waals surface area contributed by atoms with Crippen LogP contribution in [0.25, 0.3) is 0 Å². The SMILES string of the molecule is Cc1ccc(S(=O)(=O)NCCC(=O)Nc2cc(S(=O)(=O)N3CCOCC3)ccc2O)cc1. The standard InChI is InChI=1S/C20H25N3O7S2/c1-15-2-4-16(5-3-15)31(26,27)21-9-8-20(25)22-18-14-17(6-7-19(18)24)32(28,29)23-10-12-30-13-11-23/h2-7,14,21,24H,8-13H2,1H3,(H,22,25). The molecule has 1 saturated heterocycles. The molecule has 0 saturated carbocycles. The zero-order valence-electron chi connectivity index (χ0n) is 17.4. The van der Waals surface area contributed by atoms with Crippen LogP contribution in [-0.4, -0.2) is 65.0 Å². The second-order valence-corrected chi connectivity index (χ2v) is 10.9. The number of ether oxygens (including phenoxy) is 1. The number of carbonyl (C=O) groups excluding carboxylic acids is 1. The van der Waals surface area contributed by atoms with Gasteiger partial charge in [0.1, 0.15) is 5.75 Å². The highest BCUT2D eigenvalue weighted by Gasteiger charge is 2.27. The summed E-state index contributed by atoms with van der Waals surface area (Å²) in [6.07, 6.45) is -0.217. The first-order valence-electron chi connectivity index (χ1n) is 9.87. The van der Waals surface area contributed by atoms with Crippen molar-refractivity contribution in [2.75, 3.05) is 38.2 Å². The van der Waals surface area contributed by atoms with Gasteiger partial charge in [-0.1, -0.05) is 17.7 Å². The molecule has 3 rings (SSSR count). The number of nitrogens with zero attached hydrogens (tertiary/aromatic N) is 1. The number of nitrogens with one attached hydrogen (secondary N) is 2. The van der Waals surface area contributed by atoms with Crippen LogP contribution in [0.15, 0.2) is 52.3 Å². The Balaban J connectivity index is 1.62. The van der Waals surface area contributed by atoms with E-state index in [9.17, 15) is 26.7 Å². The maximum Gasteiger partial charge on any atom is 0.243 e. The molecule has 174 valence electrons. The number of rotatable bonds is 8. The van der Waals surface area contributed by atoms with Crippen LogP contribution in [0.1, 0.15) is 12.0 Å². The van der Waals surface area contributed by atoms with Crippen molar-refractivity contribution >= 4 is 31.6 Å². The fourth-order valence-corrected chi connectivity index (χ4v) is 5.49. The Labute approximate surface area is 187 Å². The molecule has 1 amide bonds. The van der Waals surface area contributed by atoms with Crippen molar-refractivity contribution in [3.8, 4) is 5.75 Å². The van der Waals surface area contributed by atoms with Gasteiger partial charge in [0.05, 0.1) is 28.7 Å². The number of amides is 1. The second-order valence-electron chi connectivity index (χ2n) is 7.20. The van der Waals surface area contributed by atoms with Gasteiger partial charge >= 0.3 is 0 Å². The molecule has 1 fully saturated rings. The quantitative estimate of drug-likeness (QED) is 0.476. The van der Waals surface area contributed by atoms with E-state index in [0.29, 0.717) is 13.2 Å². The summed E-state index contributed by atoms with van der Waals surface area (Å²) in [5, 5.41) is 12.5. The first-order chi connectivity index (χ1) is 15.1. The van der Waals surface area contributed by atoms with Gasteiger partial charge in [0.25, 0.3) is 0 Å². The predicted molar refractivity (Wildman–Crippen MR) is 117 cm³/mol. The first-order valence-corrected chi connectivity index (χ1v) is 12.8. The first kappa shape index (κ1) is 24.1. The molecule has 0 atom stereocenters. The molecule has 0 aromatic heterocycles. The van der Waals surface area contributed by atoms with Crippen LogP contribution in [0, 0.1) is 6.92 Å². The van der Waals surface area contributed by atoms with Crippen molar-refractivity contribution in [1.29, 1.82) is 0 Å². The van der Waals surface area contributed by atoms with Crippen LogP contribution in [0.2, 0.25) is 0 Å². The van der Waals surface area contributed by atoms with E-state index in [-0.39, 0.29) is 47.3 Å². The van der Waals surface area contributed by atoms with Crippen LogP contribution < -0.4 is 10.0 Å². The number of morpholine rings is 1. The van der Waals surface area contributed by atoms with Gasteiger partial charge in [-0.3, -0.25) is 4.79 Å². The van der Waals surface area contributed by atoms with E-state index in [1.54, 1.807) is 12.1 Å². The minimum Gasteiger partial charge on any atom is -0.506 e. The van der Waals surface area contributed by atoms with Gasteiger partial charge in [0, 0.05) is 26.1 Å². The van der Waals surface area contributed by atoms with Crippen molar-refractivity contribution in [2.45, 2.75) is 23.1 Å². The van der Waals surface area contributed by atoms with E-state index in [1.807, 2.05) is 6.92 Å². The summed E-state index contributed by atoms with van der Waals surface area (Å²) in [6, 6.07) is 9.89. The number of benzene rings is 2. The van der Waals surface area contributed by atoms with Crippen LogP contribution in [0.3, 0.4) is 0 Å². The molecule has 0 aliphatic carbocycles. The molecule has 1 aliphatic rings. The van der Waals surface area contributed by atoms with Crippen molar-refractivity contribution in [3.63, 3.8) is 0 Å². The zero-order chi connectivity index (χ0) is 23.4. The van der Waals surface area contributed by atoms with Crippen molar-refractivity contribution in [1.82, 2.24) is 9.03 Å². The number of hydrogen-bond donors (Lipinski definition) is 3. The Kier molecular flexibility index (Phi) is 7.51. The van der Waals surface area contributed by atoms with Crippen molar-refractivity contribution < 1.29 is 31.5 Å². The maximum absolute atomic E-state index is 12.8. The molecule has 2 aromatic rings. The van der Waals surface area contributed by atoms with Crippen molar-refractivity contribution in [2.24, 2.45) is 0 Å². The number of anilines is 1. The lowest BCUT2D eigenvalue weighted by Gasteiger charge is -2.26. The Hall–Kier alpha value is -2.51. The highest BCUT2D eigenvalue weighted by Crippen LogP contribution is 2.28. The molecule has 12 heteroatoms. The highest BCUT2D eigenvalue weighted by molar-refractivity contribution is 7.89. The number of phenolic OH excluding ortho intramolecular Hbond substituents is 1. The number of phenols is 1. The molecule has 0 unspecified atom stereocenters. The van der Waals surface area contributed by atoms with Crippen LogP contribution >= 0.6 is 0 Å². The van der Waals surface area contributed by atoms with Crippen LogP contribution in [0.4, 0.5) is 5.69 Å². The molecular formula is C20H25N3O7S2. The lowest BCUT2D eigenvalue weighted by Crippen LogP contribution is -2.40. The normalized spacial score (nSPS) is 15.4. The van der Waals surface area contributed by atoms with E-state index >= 15 is 0 Å². The smallest absolute Gasteiger partial charge is 0.243 e.